The van der Waals surface area contributed by atoms with Crippen LogP contribution < -0.4 is 5.32 Å². The van der Waals surface area contributed by atoms with Crippen molar-refractivity contribution in [1.82, 2.24) is 5.32 Å². The quantitative estimate of drug-likeness (QED) is 0.414. The fourth-order valence-electron chi connectivity index (χ4n) is 2.94. The zero-order valence-electron chi connectivity index (χ0n) is 11.1. The summed E-state index contributed by atoms with van der Waals surface area (Å²) < 4.78 is 34.0. The van der Waals surface area contributed by atoms with Gasteiger partial charge in [0.05, 0.1) is 11.7 Å². The van der Waals surface area contributed by atoms with Crippen molar-refractivity contribution < 1.29 is 26.9 Å². The van der Waals surface area contributed by atoms with E-state index < -0.39 is 33.5 Å². The van der Waals surface area contributed by atoms with Crippen LogP contribution in [0.5, 0.6) is 0 Å². The molecule has 3 aliphatic heterocycles. The number of rotatable bonds is 5. The lowest BCUT2D eigenvalue weighted by Crippen LogP contribution is -2.41. The molecular formula is C12H15NO6S2. The van der Waals surface area contributed by atoms with E-state index in [2.05, 4.69) is 11.9 Å². The Morgan fingerprint density at radius 2 is 2.24 bits per heavy atom. The van der Waals surface area contributed by atoms with Gasteiger partial charge in [-0.15, -0.1) is 11.8 Å². The monoisotopic (exact) mass is 333 g/mol. The molecule has 2 bridgehead atoms. The summed E-state index contributed by atoms with van der Waals surface area (Å²) >= 11 is 1.53. The number of ether oxygens (including phenoxy) is 1. The van der Waals surface area contributed by atoms with Gasteiger partial charge in [0.15, 0.2) is 0 Å². The zero-order chi connectivity index (χ0) is 15.2. The lowest BCUT2D eigenvalue weighted by Gasteiger charge is -2.23. The second-order valence-electron chi connectivity index (χ2n) is 5.17. The largest absolute Gasteiger partial charge is 0.458 e. The number of carbonyl (C=O) groups is 2. The highest BCUT2D eigenvalue weighted by molar-refractivity contribution is 8.03. The molecule has 0 saturated carbocycles. The summed E-state index contributed by atoms with van der Waals surface area (Å²) in [6, 6.07) is 0. The van der Waals surface area contributed by atoms with Crippen LogP contribution in [0.4, 0.5) is 0 Å². The van der Waals surface area contributed by atoms with E-state index in [9.17, 15) is 18.0 Å². The molecule has 116 valence electrons. The second kappa shape index (κ2) is 5.29. The van der Waals surface area contributed by atoms with Crippen molar-refractivity contribution >= 4 is 33.8 Å². The van der Waals surface area contributed by atoms with Gasteiger partial charge in [-0.05, 0) is 12.5 Å². The predicted octanol–water partition coefficient (Wildman–Crippen LogP) is -0.425. The second-order valence-corrected chi connectivity index (χ2v) is 8.37. The Labute approximate surface area is 126 Å². The van der Waals surface area contributed by atoms with Gasteiger partial charge in [0.2, 0.25) is 5.91 Å². The smallest absolute Gasteiger partial charge is 0.307 e. The van der Waals surface area contributed by atoms with Gasteiger partial charge in [0.1, 0.15) is 17.5 Å². The van der Waals surface area contributed by atoms with E-state index >= 15 is 0 Å². The van der Waals surface area contributed by atoms with Crippen LogP contribution in [-0.4, -0.2) is 54.8 Å². The van der Waals surface area contributed by atoms with Gasteiger partial charge < -0.3 is 10.1 Å². The Morgan fingerprint density at radius 3 is 2.95 bits per heavy atom. The maximum absolute atomic E-state index is 11.8. The van der Waals surface area contributed by atoms with Crippen molar-refractivity contribution in [2.75, 3.05) is 6.54 Å². The van der Waals surface area contributed by atoms with E-state index in [0.717, 1.165) is 6.08 Å². The number of hydrogen-bond donors (Lipinski definition) is 1. The van der Waals surface area contributed by atoms with Crippen molar-refractivity contribution in [3.8, 4) is 0 Å². The Hall–Kier alpha value is -1.06. The summed E-state index contributed by atoms with van der Waals surface area (Å²) in [6.45, 7) is 3.46. The lowest BCUT2D eigenvalue weighted by atomic mass is 9.94. The molecule has 1 amide bonds. The summed E-state index contributed by atoms with van der Waals surface area (Å²) in [4.78, 5) is 22.7. The molecule has 1 N–H and O–H groups in total. The minimum Gasteiger partial charge on any atom is -0.458 e. The van der Waals surface area contributed by atoms with Crippen LogP contribution in [0.3, 0.4) is 0 Å². The third kappa shape index (κ3) is 2.58. The van der Waals surface area contributed by atoms with Crippen LogP contribution >= 0.6 is 11.8 Å². The number of hydrogen-bond acceptors (Lipinski definition) is 7. The van der Waals surface area contributed by atoms with E-state index in [1.54, 1.807) is 0 Å². The number of thioether (sulfide) groups is 1. The first-order chi connectivity index (χ1) is 9.92. The standard InChI is InChI=1S/C12H15NO6S2/c1-2-8(14)13-4-3-9(15)18-10-6-5-7-12(20-6)11(10)19-21(7,16)17/h2,6-7,10-12H,1,3-5H2,(H,13,14). The molecule has 0 aromatic carbocycles. The molecule has 0 radical (unpaired) electrons. The van der Waals surface area contributed by atoms with Gasteiger partial charge >= 0.3 is 5.97 Å². The average Bonchev–Trinajstić information content (AvgIpc) is 3.02. The number of amides is 1. The highest BCUT2D eigenvalue weighted by Crippen LogP contribution is 2.55. The van der Waals surface area contributed by atoms with E-state index in [1.807, 2.05) is 0 Å². The normalized spacial score (nSPS) is 38.2. The zero-order valence-corrected chi connectivity index (χ0v) is 12.7. The number of nitrogens with one attached hydrogen (secondary N) is 1. The van der Waals surface area contributed by atoms with E-state index in [1.165, 1.54) is 11.8 Å². The lowest BCUT2D eigenvalue weighted by molar-refractivity contribution is -0.153. The third-order valence-electron chi connectivity index (χ3n) is 3.87. The van der Waals surface area contributed by atoms with E-state index in [0.29, 0.717) is 6.42 Å². The molecule has 9 heteroatoms. The summed E-state index contributed by atoms with van der Waals surface area (Å²) in [5.41, 5.74) is 0. The minimum atomic E-state index is -3.51. The average molecular weight is 333 g/mol. The van der Waals surface area contributed by atoms with Crippen LogP contribution in [0.15, 0.2) is 12.7 Å². The van der Waals surface area contributed by atoms with Crippen molar-refractivity contribution in [2.24, 2.45) is 0 Å². The van der Waals surface area contributed by atoms with Gasteiger partial charge in [-0.25, -0.2) is 0 Å². The van der Waals surface area contributed by atoms with Crippen LogP contribution in [0.2, 0.25) is 0 Å². The van der Waals surface area contributed by atoms with Crippen molar-refractivity contribution in [1.29, 1.82) is 0 Å². The van der Waals surface area contributed by atoms with Gasteiger partial charge in [-0.3, -0.25) is 13.8 Å². The highest BCUT2D eigenvalue weighted by atomic mass is 32.2. The minimum absolute atomic E-state index is 0.0195. The molecule has 0 aromatic rings. The van der Waals surface area contributed by atoms with Crippen LogP contribution in [0, 0.1) is 0 Å². The molecule has 3 rings (SSSR count). The third-order valence-corrected chi connectivity index (χ3v) is 7.49. The Balaban J connectivity index is 1.54. The molecule has 3 fully saturated rings. The number of fused-ring (bicyclic) bond motifs is 1. The SMILES string of the molecule is C=CC(=O)NCCC(=O)OC1C2CC3C(S2)C1OS3(=O)=O. The summed E-state index contributed by atoms with van der Waals surface area (Å²) in [7, 11) is -3.51. The maximum atomic E-state index is 11.8. The molecule has 0 spiro atoms. The van der Waals surface area contributed by atoms with Crippen LogP contribution in [0.1, 0.15) is 12.8 Å². The van der Waals surface area contributed by atoms with Crippen molar-refractivity contribution in [2.45, 2.75) is 40.8 Å². The molecule has 7 nitrogen and oxygen atoms in total. The molecule has 5 unspecified atom stereocenters. The Kier molecular flexibility index (Phi) is 3.74. The number of esters is 1. The highest BCUT2D eigenvalue weighted by Gasteiger charge is 2.66. The van der Waals surface area contributed by atoms with Gasteiger partial charge in [0.25, 0.3) is 10.1 Å². The molecule has 21 heavy (non-hydrogen) atoms. The van der Waals surface area contributed by atoms with Crippen molar-refractivity contribution in [3.63, 3.8) is 0 Å². The first-order valence-corrected chi connectivity index (χ1v) is 9.01. The molecule has 3 saturated heterocycles. The fraction of sp³-hybridized carbons (Fsp3) is 0.667. The van der Waals surface area contributed by atoms with Crippen molar-refractivity contribution in [3.05, 3.63) is 12.7 Å². The van der Waals surface area contributed by atoms with Gasteiger partial charge in [-0.2, -0.15) is 8.42 Å². The number of carbonyl (C=O) groups excluding carboxylic acids is 2. The molecule has 0 aromatic heterocycles. The predicted molar refractivity (Wildman–Crippen MR) is 75.1 cm³/mol. The van der Waals surface area contributed by atoms with Crippen LogP contribution in [-0.2, 0) is 28.6 Å². The Bertz CT molecular complexity index is 589. The topological polar surface area (TPSA) is 98.8 Å². The molecule has 0 aliphatic carbocycles. The van der Waals surface area contributed by atoms with Gasteiger partial charge in [0, 0.05) is 11.8 Å². The molecule has 3 aliphatic rings. The molecule has 5 atom stereocenters. The first-order valence-electron chi connectivity index (χ1n) is 6.59. The summed E-state index contributed by atoms with van der Waals surface area (Å²) in [6.07, 6.45) is 0.543. The molecule has 3 heterocycles. The first kappa shape index (κ1) is 14.9. The fourth-order valence-corrected chi connectivity index (χ4v) is 7.08. The van der Waals surface area contributed by atoms with Crippen LogP contribution in [0.25, 0.3) is 0 Å². The summed E-state index contributed by atoms with van der Waals surface area (Å²) in [5, 5.41) is 1.87. The van der Waals surface area contributed by atoms with E-state index in [4.69, 9.17) is 8.92 Å². The maximum Gasteiger partial charge on any atom is 0.307 e. The van der Waals surface area contributed by atoms with E-state index in [-0.39, 0.29) is 29.4 Å². The molecular weight excluding hydrogens is 318 g/mol. The van der Waals surface area contributed by atoms with Gasteiger partial charge in [-0.1, -0.05) is 6.58 Å². The summed E-state index contributed by atoms with van der Waals surface area (Å²) in [5.74, 6) is -0.826. The Morgan fingerprint density at radius 1 is 1.48 bits per heavy atom.